The molecule has 1 unspecified atom stereocenters. The van der Waals surface area contributed by atoms with E-state index in [0.29, 0.717) is 29.8 Å². The number of imidazole rings is 1. The number of nitrogens with zero attached hydrogens (tertiary/aromatic N) is 5. The van der Waals surface area contributed by atoms with Crippen LogP contribution in [0.5, 0.6) is 0 Å². The summed E-state index contributed by atoms with van der Waals surface area (Å²) >= 11 is 0. The summed E-state index contributed by atoms with van der Waals surface area (Å²) < 4.78 is 34.1. The molecule has 0 radical (unpaired) electrons. The molecule has 2 aromatic heterocycles. The standard InChI is InChI=1S/C30H36F2N6O2/c1-3-22-17-35(9-6-10-39)25-8-5-7-18-13-26(38(22)27(18)25)29-34-24-12-19(11-23(32)28(24)37(29)4-2)30(40)36-15-20(31)14-21(33)16-36/h5,7-8,11-13,20-22,39H,3-4,6,9-10,14-17,33H2,1-2H3/t20-,21-,22?/m1/s1. The van der Waals surface area contributed by atoms with Gasteiger partial charge in [-0.1, -0.05) is 19.1 Å². The first-order valence-corrected chi connectivity index (χ1v) is 14.2. The van der Waals surface area contributed by atoms with Gasteiger partial charge in [0.05, 0.1) is 35.0 Å². The summed E-state index contributed by atoms with van der Waals surface area (Å²) in [7, 11) is 0. The van der Waals surface area contributed by atoms with Gasteiger partial charge in [-0.25, -0.2) is 13.8 Å². The summed E-state index contributed by atoms with van der Waals surface area (Å²) in [5, 5.41) is 10.5. The molecule has 1 fully saturated rings. The van der Waals surface area contributed by atoms with Gasteiger partial charge in [0.25, 0.3) is 5.91 Å². The third kappa shape index (κ3) is 4.34. The van der Waals surface area contributed by atoms with Gasteiger partial charge in [-0.3, -0.25) is 4.79 Å². The lowest BCUT2D eigenvalue weighted by molar-refractivity contribution is 0.0606. The van der Waals surface area contributed by atoms with Gasteiger partial charge in [-0.15, -0.1) is 0 Å². The number of likely N-dealkylation sites (tertiary alicyclic amines) is 1. The number of anilines is 1. The van der Waals surface area contributed by atoms with Crippen LogP contribution >= 0.6 is 0 Å². The maximum atomic E-state index is 15.7. The van der Waals surface area contributed by atoms with E-state index in [-0.39, 0.29) is 37.7 Å². The van der Waals surface area contributed by atoms with Crippen LogP contribution < -0.4 is 10.6 Å². The second kappa shape index (κ2) is 10.5. The van der Waals surface area contributed by atoms with Crippen LogP contribution in [0.4, 0.5) is 14.5 Å². The molecule has 2 aromatic carbocycles. The lowest BCUT2D eigenvalue weighted by atomic mass is 10.0. The molecule has 0 spiro atoms. The minimum atomic E-state index is -1.19. The van der Waals surface area contributed by atoms with Crippen LogP contribution in [0.2, 0.25) is 0 Å². The first kappa shape index (κ1) is 26.7. The average Bonchev–Trinajstić information content (AvgIpc) is 3.51. The number of benzene rings is 2. The van der Waals surface area contributed by atoms with Gasteiger partial charge in [0, 0.05) is 49.8 Å². The van der Waals surface area contributed by atoms with Crippen LogP contribution in [0.3, 0.4) is 0 Å². The van der Waals surface area contributed by atoms with Crippen LogP contribution in [0.25, 0.3) is 33.5 Å². The summed E-state index contributed by atoms with van der Waals surface area (Å²) in [5.74, 6) is -0.320. The van der Waals surface area contributed by atoms with Gasteiger partial charge in [-0.05, 0) is 50.5 Å². The number of aryl methyl sites for hydroxylation is 1. The monoisotopic (exact) mass is 550 g/mol. The van der Waals surface area contributed by atoms with Gasteiger partial charge in [0.2, 0.25) is 0 Å². The lowest BCUT2D eigenvalue weighted by Crippen LogP contribution is -2.50. The van der Waals surface area contributed by atoms with Crippen LogP contribution in [-0.4, -0.2) is 75.0 Å². The first-order chi connectivity index (χ1) is 19.3. The van der Waals surface area contributed by atoms with Crippen molar-refractivity contribution in [2.24, 2.45) is 5.73 Å². The number of fused-ring (bicyclic) bond motifs is 1. The number of para-hydroxylation sites is 1. The SMILES string of the molecule is CCC1CN(CCCO)c2cccc3cc(-c4nc5cc(C(=O)N6C[C@H](N)C[C@@H](F)C6)cc(F)c5n4CC)n1c23. The Balaban J connectivity index is 1.48. The summed E-state index contributed by atoms with van der Waals surface area (Å²) in [6.07, 6.45) is 0.619. The average molecular weight is 551 g/mol. The summed E-state index contributed by atoms with van der Waals surface area (Å²) in [4.78, 5) is 21.9. The van der Waals surface area contributed by atoms with Crippen LogP contribution in [-0.2, 0) is 6.54 Å². The zero-order chi connectivity index (χ0) is 28.1. The molecule has 8 nitrogen and oxygen atoms in total. The highest BCUT2D eigenvalue weighted by atomic mass is 19.1. The molecule has 40 heavy (non-hydrogen) atoms. The first-order valence-electron chi connectivity index (χ1n) is 14.2. The number of carbonyl (C=O) groups is 1. The Hall–Kier alpha value is -3.50. The Morgan fingerprint density at radius 1 is 1.15 bits per heavy atom. The predicted octanol–water partition coefficient (Wildman–Crippen LogP) is 4.48. The molecule has 0 aliphatic carbocycles. The second-order valence-electron chi connectivity index (χ2n) is 11.0. The molecule has 3 N–H and O–H groups in total. The van der Waals surface area contributed by atoms with Crippen molar-refractivity contribution >= 4 is 33.5 Å². The van der Waals surface area contributed by atoms with Crippen LogP contribution in [0.15, 0.2) is 36.4 Å². The highest BCUT2D eigenvalue weighted by Gasteiger charge is 2.32. The number of nitrogens with two attached hydrogens (primary N) is 1. The van der Waals surface area contributed by atoms with Crippen molar-refractivity contribution in [3.63, 3.8) is 0 Å². The van der Waals surface area contributed by atoms with E-state index >= 15 is 4.39 Å². The largest absolute Gasteiger partial charge is 0.396 e. The van der Waals surface area contributed by atoms with E-state index in [0.717, 1.165) is 41.8 Å². The van der Waals surface area contributed by atoms with E-state index in [9.17, 15) is 14.3 Å². The Labute approximate surface area is 232 Å². The zero-order valence-electron chi connectivity index (χ0n) is 23.0. The number of alkyl halides is 1. The van der Waals surface area contributed by atoms with Crippen molar-refractivity contribution in [2.45, 2.75) is 57.9 Å². The maximum Gasteiger partial charge on any atom is 0.254 e. The number of piperidine rings is 1. The van der Waals surface area contributed by atoms with E-state index in [1.165, 1.54) is 11.0 Å². The van der Waals surface area contributed by atoms with E-state index < -0.39 is 23.9 Å². The third-order valence-electron chi connectivity index (χ3n) is 8.34. The van der Waals surface area contributed by atoms with Crippen LogP contribution in [0.1, 0.15) is 49.5 Å². The molecule has 0 bridgehead atoms. The Bertz CT molecular complexity index is 1570. The number of aliphatic hydroxyl groups excluding tert-OH is 1. The minimum absolute atomic E-state index is 0.0446. The number of carbonyl (C=O) groups excluding carboxylic acids is 1. The third-order valence-corrected chi connectivity index (χ3v) is 8.34. The number of hydrogen-bond donors (Lipinski definition) is 2. The van der Waals surface area contributed by atoms with Gasteiger partial charge < -0.3 is 29.8 Å². The molecule has 1 saturated heterocycles. The molecule has 212 valence electrons. The molecule has 1 amide bonds. The Morgan fingerprint density at radius 2 is 1.98 bits per heavy atom. The highest BCUT2D eigenvalue weighted by Crippen LogP contribution is 2.42. The van der Waals surface area contributed by atoms with E-state index in [1.807, 2.05) is 17.6 Å². The van der Waals surface area contributed by atoms with E-state index in [4.69, 9.17) is 10.7 Å². The fourth-order valence-corrected chi connectivity index (χ4v) is 6.56. The quantitative estimate of drug-likeness (QED) is 0.354. The van der Waals surface area contributed by atoms with Crippen molar-refractivity contribution < 1.29 is 18.7 Å². The number of hydrogen-bond acceptors (Lipinski definition) is 5. The van der Waals surface area contributed by atoms with Crippen molar-refractivity contribution in [1.29, 1.82) is 0 Å². The van der Waals surface area contributed by atoms with Gasteiger partial charge >= 0.3 is 0 Å². The lowest BCUT2D eigenvalue weighted by Gasteiger charge is -2.36. The Morgan fingerprint density at radius 3 is 2.70 bits per heavy atom. The molecular formula is C30H36F2N6O2. The molecule has 10 heteroatoms. The molecule has 6 rings (SSSR count). The van der Waals surface area contributed by atoms with Gasteiger partial charge in [-0.2, -0.15) is 0 Å². The number of halogens is 2. The fourth-order valence-electron chi connectivity index (χ4n) is 6.56. The number of amides is 1. The van der Waals surface area contributed by atoms with Crippen molar-refractivity contribution in [2.75, 3.05) is 37.7 Å². The molecule has 3 atom stereocenters. The maximum absolute atomic E-state index is 15.7. The summed E-state index contributed by atoms with van der Waals surface area (Å²) in [6, 6.07) is 10.9. The van der Waals surface area contributed by atoms with E-state index in [2.05, 4.69) is 34.6 Å². The molecule has 2 aliphatic heterocycles. The molecule has 4 heterocycles. The number of aliphatic hydroxyl groups is 1. The second-order valence-corrected chi connectivity index (χ2v) is 11.0. The molecule has 0 saturated carbocycles. The van der Waals surface area contributed by atoms with Crippen molar-refractivity contribution in [3.8, 4) is 11.5 Å². The zero-order valence-corrected chi connectivity index (χ0v) is 23.0. The topological polar surface area (TPSA) is 92.6 Å². The van der Waals surface area contributed by atoms with E-state index in [1.54, 1.807) is 6.07 Å². The normalized spacial score (nSPS) is 21.1. The molecule has 4 aromatic rings. The van der Waals surface area contributed by atoms with Crippen molar-refractivity contribution in [3.05, 3.63) is 47.8 Å². The predicted molar refractivity (Wildman–Crippen MR) is 153 cm³/mol. The number of rotatable bonds is 7. The van der Waals surface area contributed by atoms with Gasteiger partial charge in [0.15, 0.2) is 5.82 Å². The summed E-state index contributed by atoms with van der Waals surface area (Å²) in [5.41, 5.74) is 9.97. The Kier molecular flexibility index (Phi) is 7.00. The fraction of sp³-hybridized carbons (Fsp3) is 0.467. The van der Waals surface area contributed by atoms with Crippen LogP contribution in [0, 0.1) is 5.82 Å². The van der Waals surface area contributed by atoms with Gasteiger partial charge in [0.1, 0.15) is 17.5 Å². The molecular weight excluding hydrogens is 514 g/mol. The summed E-state index contributed by atoms with van der Waals surface area (Å²) in [6.45, 7) is 6.52. The molecule has 2 aliphatic rings. The smallest absolute Gasteiger partial charge is 0.254 e. The number of aromatic nitrogens is 3. The highest BCUT2D eigenvalue weighted by molar-refractivity contribution is 5.99. The minimum Gasteiger partial charge on any atom is -0.396 e. The van der Waals surface area contributed by atoms with Crippen molar-refractivity contribution in [1.82, 2.24) is 19.0 Å².